The van der Waals surface area contributed by atoms with E-state index in [1.807, 2.05) is 25.1 Å². The summed E-state index contributed by atoms with van der Waals surface area (Å²) < 4.78 is 10.7. The van der Waals surface area contributed by atoms with Crippen molar-refractivity contribution in [3.8, 4) is 5.75 Å². The van der Waals surface area contributed by atoms with Crippen LogP contribution in [0, 0.1) is 5.92 Å². The van der Waals surface area contributed by atoms with E-state index in [2.05, 4.69) is 19.2 Å². The lowest BCUT2D eigenvalue weighted by molar-refractivity contribution is -0.151. The van der Waals surface area contributed by atoms with Gasteiger partial charge in [-0.25, -0.2) is 4.79 Å². The van der Waals surface area contributed by atoms with Gasteiger partial charge in [0.05, 0.1) is 13.7 Å². The molecule has 0 saturated heterocycles. The van der Waals surface area contributed by atoms with E-state index >= 15 is 0 Å². The van der Waals surface area contributed by atoms with E-state index in [-0.39, 0.29) is 5.97 Å². The molecular formula is C17H25NO3. The van der Waals surface area contributed by atoms with Crippen LogP contribution in [0.25, 0.3) is 0 Å². The van der Waals surface area contributed by atoms with Crippen molar-refractivity contribution in [3.05, 3.63) is 29.3 Å². The second-order valence-electron chi connectivity index (χ2n) is 5.92. The molecule has 0 radical (unpaired) electrons. The summed E-state index contributed by atoms with van der Waals surface area (Å²) in [5, 5.41) is 3.46. The van der Waals surface area contributed by atoms with Crippen LogP contribution in [0.3, 0.4) is 0 Å². The molecule has 0 aromatic heterocycles. The van der Waals surface area contributed by atoms with Crippen LogP contribution in [0.4, 0.5) is 0 Å². The maximum atomic E-state index is 12.6. The van der Waals surface area contributed by atoms with Gasteiger partial charge in [-0.1, -0.05) is 19.9 Å². The number of rotatable bonds is 6. The Balaban J connectivity index is 2.41. The van der Waals surface area contributed by atoms with Gasteiger partial charge >= 0.3 is 5.97 Å². The largest absolute Gasteiger partial charge is 0.497 e. The third kappa shape index (κ3) is 3.05. The number of carbonyl (C=O) groups excluding carboxylic acids is 1. The molecule has 0 spiro atoms. The molecule has 1 aromatic rings. The van der Waals surface area contributed by atoms with Crippen LogP contribution in [-0.2, 0) is 21.5 Å². The summed E-state index contributed by atoms with van der Waals surface area (Å²) in [5.74, 6) is 1.05. The van der Waals surface area contributed by atoms with Gasteiger partial charge in [0.1, 0.15) is 11.3 Å². The molecule has 0 fully saturated rings. The van der Waals surface area contributed by atoms with Crippen molar-refractivity contribution in [1.82, 2.24) is 5.32 Å². The van der Waals surface area contributed by atoms with E-state index in [0.29, 0.717) is 12.5 Å². The minimum absolute atomic E-state index is 0.183. The van der Waals surface area contributed by atoms with Gasteiger partial charge in [-0.15, -0.1) is 0 Å². The normalized spacial score (nSPS) is 20.4. The molecule has 116 valence electrons. The number of esters is 1. The topological polar surface area (TPSA) is 47.6 Å². The Bertz CT molecular complexity index is 513. The smallest absolute Gasteiger partial charge is 0.331 e. The molecule has 0 aliphatic heterocycles. The summed E-state index contributed by atoms with van der Waals surface area (Å²) in [5.41, 5.74) is 1.46. The van der Waals surface area contributed by atoms with Crippen molar-refractivity contribution in [3.63, 3.8) is 0 Å². The van der Waals surface area contributed by atoms with Crippen LogP contribution in [0.2, 0.25) is 0 Å². The second kappa shape index (κ2) is 6.48. The minimum Gasteiger partial charge on any atom is -0.497 e. The van der Waals surface area contributed by atoms with Crippen LogP contribution in [0.15, 0.2) is 18.2 Å². The molecule has 4 nitrogen and oxygen atoms in total. The van der Waals surface area contributed by atoms with E-state index in [1.165, 1.54) is 5.56 Å². The summed E-state index contributed by atoms with van der Waals surface area (Å²) >= 11 is 0. The van der Waals surface area contributed by atoms with Crippen LogP contribution >= 0.6 is 0 Å². The van der Waals surface area contributed by atoms with Gasteiger partial charge < -0.3 is 9.47 Å². The predicted octanol–water partition coefficient (Wildman–Crippen LogP) is 2.65. The second-order valence-corrected chi connectivity index (χ2v) is 5.92. The van der Waals surface area contributed by atoms with Gasteiger partial charge in [-0.2, -0.15) is 0 Å². The molecule has 0 bridgehead atoms. The Hall–Kier alpha value is -1.55. The lowest BCUT2D eigenvalue weighted by atomic mass is 9.91. The fourth-order valence-corrected chi connectivity index (χ4v) is 2.86. The van der Waals surface area contributed by atoms with Gasteiger partial charge in [0, 0.05) is 0 Å². The van der Waals surface area contributed by atoms with Crippen LogP contribution in [0.5, 0.6) is 5.75 Å². The first-order valence-corrected chi connectivity index (χ1v) is 7.63. The SMILES string of the molecule is CCOC(=O)C1(NCC(C)C)CCc2ccc(OC)cc21. The first-order valence-electron chi connectivity index (χ1n) is 7.63. The molecule has 1 unspecified atom stereocenters. The fraction of sp³-hybridized carbons (Fsp3) is 0.588. The fourth-order valence-electron chi connectivity index (χ4n) is 2.86. The number of hydrogen-bond acceptors (Lipinski definition) is 4. The lowest BCUT2D eigenvalue weighted by Crippen LogP contribution is -2.49. The summed E-state index contributed by atoms with van der Waals surface area (Å²) in [6.07, 6.45) is 1.62. The maximum Gasteiger partial charge on any atom is 0.331 e. The summed E-state index contributed by atoms with van der Waals surface area (Å²) in [4.78, 5) is 12.6. The predicted molar refractivity (Wildman–Crippen MR) is 82.5 cm³/mol. The van der Waals surface area contributed by atoms with E-state index in [9.17, 15) is 4.79 Å². The number of fused-ring (bicyclic) bond motifs is 1. The number of nitrogens with one attached hydrogen (secondary N) is 1. The highest BCUT2D eigenvalue weighted by Gasteiger charge is 2.46. The average Bonchev–Trinajstić information content (AvgIpc) is 2.84. The third-order valence-electron chi connectivity index (χ3n) is 3.98. The first-order chi connectivity index (χ1) is 10.0. The van der Waals surface area contributed by atoms with Gasteiger partial charge in [0.25, 0.3) is 0 Å². The summed E-state index contributed by atoms with van der Waals surface area (Å²) in [6, 6.07) is 5.96. The Labute approximate surface area is 126 Å². The van der Waals surface area contributed by atoms with Crippen molar-refractivity contribution >= 4 is 5.97 Å². The molecule has 0 amide bonds. The Kier molecular flexibility index (Phi) is 4.88. The number of methoxy groups -OCH3 is 1. The van der Waals surface area contributed by atoms with Gasteiger partial charge in [-0.05, 0) is 55.5 Å². The van der Waals surface area contributed by atoms with Crippen molar-refractivity contribution in [2.75, 3.05) is 20.3 Å². The third-order valence-corrected chi connectivity index (χ3v) is 3.98. The summed E-state index contributed by atoms with van der Waals surface area (Å²) in [7, 11) is 1.64. The van der Waals surface area contributed by atoms with Crippen molar-refractivity contribution in [2.45, 2.75) is 39.2 Å². The zero-order valence-corrected chi connectivity index (χ0v) is 13.4. The van der Waals surface area contributed by atoms with Gasteiger partial charge in [0.2, 0.25) is 0 Å². The van der Waals surface area contributed by atoms with Crippen LogP contribution in [0.1, 0.15) is 38.3 Å². The zero-order valence-electron chi connectivity index (χ0n) is 13.4. The summed E-state index contributed by atoms with van der Waals surface area (Å²) in [6.45, 7) is 7.27. The molecule has 0 heterocycles. The van der Waals surface area contributed by atoms with Crippen LogP contribution < -0.4 is 10.1 Å². The van der Waals surface area contributed by atoms with E-state index in [1.54, 1.807) is 7.11 Å². The molecule has 0 saturated carbocycles. The Morgan fingerprint density at radius 2 is 2.19 bits per heavy atom. The number of ether oxygens (including phenoxy) is 2. The number of aryl methyl sites for hydroxylation is 1. The average molecular weight is 291 g/mol. The van der Waals surface area contributed by atoms with Gasteiger partial charge in [0.15, 0.2) is 0 Å². The Morgan fingerprint density at radius 3 is 2.81 bits per heavy atom. The van der Waals surface area contributed by atoms with Crippen molar-refractivity contribution in [1.29, 1.82) is 0 Å². The highest BCUT2D eigenvalue weighted by atomic mass is 16.5. The zero-order chi connectivity index (χ0) is 15.5. The molecule has 1 atom stereocenters. The van der Waals surface area contributed by atoms with Gasteiger partial charge in [-0.3, -0.25) is 5.32 Å². The maximum absolute atomic E-state index is 12.6. The molecule has 4 heteroatoms. The van der Waals surface area contributed by atoms with Crippen molar-refractivity contribution < 1.29 is 14.3 Å². The molecule has 2 rings (SSSR count). The molecule has 21 heavy (non-hydrogen) atoms. The van der Waals surface area contributed by atoms with E-state index < -0.39 is 5.54 Å². The molecular weight excluding hydrogens is 266 g/mol. The number of carbonyl (C=O) groups is 1. The Morgan fingerprint density at radius 1 is 1.43 bits per heavy atom. The van der Waals surface area contributed by atoms with E-state index in [0.717, 1.165) is 30.7 Å². The highest BCUT2D eigenvalue weighted by Crippen LogP contribution is 2.40. The van der Waals surface area contributed by atoms with Crippen molar-refractivity contribution in [2.24, 2.45) is 5.92 Å². The number of benzene rings is 1. The monoisotopic (exact) mass is 291 g/mol. The quantitative estimate of drug-likeness (QED) is 0.819. The molecule has 1 aromatic carbocycles. The molecule has 1 aliphatic carbocycles. The van der Waals surface area contributed by atoms with E-state index in [4.69, 9.17) is 9.47 Å². The first kappa shape index (κ1) is 15.8. The lowest BCUT2D eigenvalue weighted by Gasteiger charge is -2.30. The molecule has 1 aliphatic rings. The minimum atomic E-state index is -0.732. The van der Waals surface area contributed by atoms with Crippen LogP contribution in [-0.4, -0.2) is 26.2 Å². The highest BCUT2D eigenvalue weighted by molar-refractivity contribution is 5.84. The number of hydrogen-bond donors (Lipinski definition) is 1. The molecule has 1 N–H and O–H groups in total. The standard InChI is InChI=1S/C17H25NO3/c1-5-21-16(19)17(18-11-12(2)3)9-8-13-6-7-14(20-4)10-15(13)17/h6-7,10,12,18H,5,8-9,11H2,1-4H3.